The lowest BCUT2D eigenvalue weighted by molar-refractivity contribution is -0.112. The lowest BCUT2D eigenvalue weighted by Gasteiger charge is -2.12. The quantitative estimate of drug-likeness (QED) is 0.172. The molecule has 0 bridgehead atoms. The third kappa shape index (κ3) is 5.28. The molecule has 6 aromatic rings. The van der Waals surface area contributed by atoms with E-state index in [4.69, 9.17) is 15.5 Å². The summed E-state index contributed by atoms with van der Waals surface area (Å²) in [4.78, 5) is 31.0. The minimum atomic E-state index is -0.573. The second-order valence-electron chi connectivity index (χ2n) is 11.4. The molecule has 0 saturated heterocycles. The number of ether oxygens (including phenoxy) is 1. The highest BCUT2D eigenvalue weighted by molar-refractivity contribution is 7.23. The first-order valence-electron chi connectivity index (χ1n) is 14.8. The Hall–Kier alpha value is -5.42. The van der Waals surface area contributed by atoms with Gasteiger partial charge in [-0.15, -0.1) is 11.3 Å². The summed E-state index contributed by atoms with van der Waals surface area (Å²) in [6.07, 6.45) is 7.41. The fraction of sp³-hybridized carbons (Fsp3) is 0.171. The lowest BCUT2D eigenvalue weighted by atomic mass is 9.96. The number of nitrogens with two attached hydrogens (primary N) is 1. The molecular weight excluding hydrogens is 601 g/mol. The molecule has 0 radical (unpaired) electrons. The first kappa shape index (κ1) is 29.3. The number of imidazole rings is 1. The Balaban J connectivity index is 1.40. The van der Waals surface area contributed by atoms with Crippen molar-refractivity contribution in [3.63, 3.8) is 0 Å². The van der Waals surface area contributed by atoms with Gasteiger partial charge in [-0.05, 0) is 74.2 Å². The number of anilines is 2. The molecule has 2 aromatic carbocycles. The molecule has 0 aliphatic carbocycles. The molecule has 0 fully saturated rings. The smallest absolute Gasteiger partial charge is 0.322 e. The van der Waals surface area contributed by atoms with Crippen LogP contribution >= 0.6 is 11.3 Å². The average molecular weight is 632 g/mol. The number of nitrogen functional groups attached to an aromatic ring is 1. The standard InChI is InChI=1S/C35H30FN7O2S/c1-18(2)34(44)41-22-8-9-23(19(3)14-22)31-29(21-7-10-27(25(36)15-21)45-35-38-12-11-20(4)40-35)30-32(46-31)24(16-39-33(30)37)26-17-43-13-5-6-28(43)42-26/h7-12,14-17H,1,5-6,13H2,2-4H3,(H2,37,39)(H,41,44). The Kier molecular flexibility index (Phi) is 7.32. The Morgan fingerprint density at radius 3 is 2.70 bits per heavy atom. The molecule has 0 saturated carbocycles. The van der Waals surface area contributed by atoms with Crippen LogP contribution in [0, 0.1) is 19.7 Å². The molecule has 0 atom stereocenters. The zero-order chi connectivity index (χ0) is 32.1. The number of pyridine rings is 1. The molecule has 1 aliphatic heterocycles. The van der Waals surface area contributed by atoms with Crippen molar-refractivity contribution in [1.82, 2.24) is 24.5 Å². The van der Waals surface area contributed by atoms with E-state index in [1.54, 1.807) is 48.9 Å². The predicted molar refractivity (Wildman–Crippen MR) is 179 cm³/mol. The summed E-state index contributed by atoms with van der Waals surface area (Å²) in [7, 11) is 0. The second-order valence-corrected chi connectivity index (χ2v) is 12.4. The summed E-state index contributed by atoms with van der Waals surface area (Å²) < 4.78 is 24.5. The van der Waals surface area contributed by atoms with Crippen LogP contribution in [0.5, 0.6) is 11.8 Å². The van der Waals surface area contributed by atoms with Crippen LogP contribution in [0.15, 0.2) is 73.2 Å². The average Bonchev–Trinajstić information content (AvgIpc) is 3.73. The van der Waals surface area contributed by atoms with Gasteiger partial charge in [-0.25, -0.2) is 24.3 Å². The van der Waals surface area contributed by atoms with Gasteiger partial charge in [-0.3, -0.25) is 4.79 Å². The van der Waals surface area contributed by atoms with Gasteiger partial charge in [0.15, 0.2) is 11.6 Å². The van der Waals surface area contributed by atoms with E-state index in [0.29, 0.717) is 28.3 Å². The number of hydrogen-bond donors (Lipinski definition) is 2. The summed E-state index contributed by atoms with van der Waals surface area (Å²) in [6, 6.07) is 12.3. The van der Waals surface area contributed by atoms with Gasteiger partial charge in [-0.1, -0.05) is 18.7 Å². The summed E-state index contributed by atoms with van der Waals surface area (Å²) in [6.45, 7) is 10.1. The minimum Gasteiger partial charge on any atom is -0.421 e. The predicted octanol–water partition coefficient (Wildman–Crippen LogP) is 7.88. The fourth-order valence-electron chi connectivity index (χ4n) is 5.70. The van der Waals surface area contributed by atoms with Crippen molar-refractivity contribution in [1.29, 1.82) is 0 Å². The number of nitrogens with one attached hydrogen (secondary N) is 1. The highest BCUT2D eigenvalue weighted by Crippen LogP contribution is 2.50. The Labute approximate surface area is 268 Å². The van der Waals surface area contributed by atoms with Crippen molar-refractivity contribution < 1.29 is 13.9 Å². The SMILES string of the molecule is C=C(C)C(=O)Nc1ccc(-c2sc3c(-c4cn5c(n4)CCC5)cnc(N)c3c2-c2ccc(Oc3nccc(C)n3)c(F)c2)c(C)c1. The van der Waals surface area contributed by atoms with E-state index in [-0.39, 0.29) is 17.7 Å². The van der Waals surface area contributed by atoms with Crippen LogP contribution in [0.3, 0.4) is 0 Å². The zero-order valence-electron chi connectivity index (χ0n) is 25.5. The first-order valence-corrected chi connectivity index (χ1v) is 15.6. The van der Waals surface area contributed by atoms with Gasteiger partial charge < -0.3 is 20.4 Å². The third-order valence-electron chi connectivity index (χ3n) is 7.99. The van der Waals surface area contributed by atoms with Crippen molar-refractivity contribution in [2.45, 2.75) is 40.2 Å². The van der Waals surface area contributed by atoms with E-state index >= 15 is 4.39 Å². The molecule has 5 heterocycles. The highest BCUT2D eigenvalue weighted by atomic mass is 32.1. The summed E-state index contributed by atoms with van der Waals surface area (Å²) in [5, 5.41) is 3.60. The van der Waals surface area contributed by atoms with Crippen molar-refractivity contribution in [3.8, 4) is 44.6 Å². The number of nitrogens with zero attached hydrogens (tertiary/aromatic N) is 5. The van der Waals surface area contributed by atoms with Crippen LogP contribution in [0.2, 0.25) is 0 Å². The Morgan fingerprint density at radius 1 is 1.11 bits per heavy atom. The maximum absolute atomic E-state index is 15.7. The first-order chi connectivity index (χ1) is 22.2. The monoisotopic (exact) mass is 631 g/mol. The maximum Gasteiger partial charge on any atom is 0.322 e. The van der Waals surface area contributed by atoms with Crippen molar-refractivity contribution in [2.24, 2.45) is 0 Å². The Morgan fingerprint density at radius 2 is 1.96 bits per heavy atom. The summed E-state index contributed by atoms with van der Waals surface area (Å²) >= 11 is 1.56. The third-order valence-corrected chi connectivity index (χ3v) is 9.24. The number of aryl methyl sites for hydroxylation is 4. The van der Waals surface area contributed by atoms with Crippen LogP contribution in [0.1, 0.15) is 30.4 Å². The minimum absolute atomic E-state index is 0.00327. The molecule has 3 N–H and O–H groups in total. The maximum atomic E-state index is 15.7. The number of hydrogen-bond acceptors (Lipinski definition) is 8. The molecule has 7 rings (SSSR count). The van der Waals surface area contributed by atoms with Crippen LogP contribution < -0.4 is 15.8 Å². The molecule has 46 heavy (non-hydrogen) atoms. The van der Waals surface area contributed by atoms with Gasteiger partial charge in [0.05, 0.1) is 10.4 Å². The van der Waals surface area contributed by atoms with Crippen molar-refractivity contribution in [3.05, 3.63) is 96.1 Å². The number of thiophene rings is 1. The van der Waals surface area contributed by atoms with Crippen LogP contribution in [0.4, 0.5) is 15.9 Å². The molecule has 0 unspecified atom stereocenters. The largest absolute Gasteiger partial charge is 0.421 e. The number of fused-ring (bicyclic) bond motifs is 2. The van der Waals surface area contributed by atoms with Gasteiger partial charge in [0, 0.05) is 69.9 Å². The number of amides is 1. The van der Waals surface area contributed by atoms with E-state index < -0.39 is 5.82 Å². The van der Waals surface area contributed by atoms with Crippen molar-refractivity contribution in [2.75, 3.05) is 11.1 Å². The number of carbonyl (C=O) groups excluding carboxylic acids is 1. The van der Waals surface area contributed by atoms with E-state index in [1.807, 2.05) is 32.0 Å². The van der Waals surface area contributed by atoms with Crippen molar-refractivity contribution >= 4 is 38.8 Å². The van der Waals surface area contributed by atoms with Crippen LogP contribution in [-0.2, 0) is 17.8 Å². The highest BCUT2D eigenvalue weighted by Gasteiger charge is 2.25. The number of rotatable bonds is 7. The normalized spacial score (nSPS) is 12.3. The molecule has 4 aromatic heterocycles. The topological polar surface area (TPSA) is 121 Å². The summed E-state index contributed by atoms with van der Waals surface area (Å²) in [5.41, 5.74) is 13.3. The number of carbonyl (C=O) groups is 1. The van der Waals surface area contributed by atoms with Crippen LogP contribution in [0.25, 0.3) is 42.9 Å². The molecular formula is C35H30FN7O2S. The second kappa shape index (κ2) is 11.5. The van der Waals surface area contributed by atoms with Gasteiger partial charge in [0.1, 0.15) is 11.6 Å². The van der Waals surface area contributed by atoms with Gasteiger partial charge in [0.25, 0.3) is 5.91 Å². The molecule has 1 aliphatic rings. The van der Waals surface area contributed by atoms with E-state index in [1.165, 1.54) is 6.07 Å². The number of aromatic nitrogens is 5. The zero-order valence-corrected chi connectivity index (χ0v) is 26.3. The van der Waals surface area contributed by atoms with Crippen LogP contribution in [-0.4, -0.2) is 30.4 Å². The van der Waals surface area contributed by atoms with E-state index in [9.17, 15) is 4.79 Å². The molecule has 11 heteroatoms. The molecule has 230 valence electrons. The van der Waals surface area contributed by atoms with Gasteiger partial charge >= 0.3 is 6.01 Å². The summed E-state index contributed by atoms with van der Waals surface area (Å²) in [5.74, 6) is 0.564. The molecule has 1 amide bonds. The Bertz CT molecular complexity index is 2180. The number of halogens is 1. The number of benzene rings is 2. The fourth-order valence-corrected chi connectivity index (χ4v) is 7.14. The molecule has 9 nitrogen and oxygen atoms in total. The van der Waals surface area contributed by atoms with E-state index in [2.05, 4.69) is 37.6 Å². The molecule has 0 spiro atoms. The van der Waals surface area contributed by atoms with E-state index in [0.717, 1.165) is 68.1 Å². The lowest BCUT2D eigenvalue weighted by Crippen LogP contribution is -2.11. The van der Waals surface area contributed by atoms with Gasteiger partial charge in [0.2, 0.25) is 0 Å². The van der Waals surface area contributed by atoms with Gasteiger partial charge in [-0.2, -0.15) is 0 Å².